The molecular weight excluding hydrogens is 290 g/mol. The van der Waals surface area contributed by atoms with Crippen LogP contribution in [-0.2, 0) is 0 Å². The molecule has 0 fully saturated rings. The van der Waals surface area contributed by atoms with Crippen LogP contribution in [0.4, 0.5) is 5.82 Å². The molecule has 3 rings (SSSR count). The molecule has 23 heavy (non-hydrogen) atoms. The number of hydrogen-bond donors (Lipinski definition) is 4. The number of para-hydroxylation sites is 2. The van der Waals surface area contributed by atoms with Gasteiger partial charge in [-0.05, 0) is 24.3 Å². The van der Waals surface area contributed by atoms with Crippen LogP contribution in [0.1, 0.15) is 17.2 Å². The second-order valence-electron chi connectivity index (χ2n) is 5.03. The predicted molar refractivity (Wildman–Crippen MR) is 89.1 cm³/mol. The number of aromatic hydroxyl groups is 2. The van der Waals surface area contributed by atoms with E-state index in [1.807, 2.05) is 30.3 Å². The van der Waals surface area contributed by atoms with Crippen molar-refractivity contribution >= 4 is 5.82 Å². The third-order valence-corrected chi connectivity index (χ3v) is 3.50. The smallest absolute Gasteiger partial charge is 0.140 e. The summed E-state index contributed by atoms with van der Waals surface area (Å²) in [5.74, 6) is 0.940. The quantitative estimate of drug-likeness (QED) is 0.545. The van der Waals surface area contributed by atoms with E-state index in [4.69, 9.17) is 0 Å². The summed E-state index contributed by atoms with van der Waals surface area (Å²) in [5, 5.41) is 20.3. The summed E-state index contributed by atoms with van der Waals surface area (Å²) in [4.78, 5) is 4.18. The Morgan fingerprint density at radius 3 is 1.83 bits per heavy atom. The van der Waals surface area contributed by atoms with Gasteiger partial charge in [0.05, 0.1) is 6.04 Å². The van der Waals surface area contributed by atoms with Gasteiger partial charge in [-0.25, -0.2) is 10.4 Å². The first kappa shape index (κ1) is 14.9. The molecule has 0 bridgehead atoms. The normalized spacial score (nSPS) is 10.7. The molecule has 0 aliphatic rings. The second kappa shape index (κ2) is 6.81. The molecule has 0 aliphatic heterocycles. The van der Waals surface area contributed by atoms with Gasteiger partial charge in [0.15, 0.2) is 0 Å². The van der Waals surface area contributed by atoms with Gasteiger partial charge in [0, 0.05) is 17.3 Å². The molecule has 0 aliphatic carbocycles. The van der Waals surface area contributed by atoms with Gasteiger partial charge in [-0.3, -0.25) is 0 Å². The number of benzene rings is 2. The number of nitrogens with one attached hydrogen (secondary N) is 2. The van der Waals surface area contributed by atoms with Crippen molar-refractivity contribution in [3.8, 4) is 11.5 Å². The molecule has 3 aromatic rings. The maximum Gasteiger partial charge on any atom is 0.140 e. The number of nitrogens with zero attached hydrogens (tertiary/aromatic N) is 1. The molecule has 0 saturated heterocycles. The maximum atomic E-state index is 10.2. The summed E-state index contributed by atoms with van der Waals surface area (Å²) in [7, 11) is 0. The van der Waals surface area contributed by atoms with Crippen molar-refractivity contribution in [1.82, 2.24) is 10.4 Å². The summed E-state index contributed by atoms with van der Waals surface area (Å²) in [6.45, 7) is 0. The maximum absolute atomic E-state index is 10.2. The van der Waals surface area contributed by atoms with Crippen LogP contribution in [0.15, 0.2) is 72.9 Å². The highest BCUT2D eigenvalue weighted by Crippen LogP contribution is 2.33. The Hall–Kier alpha value is -3.05. The van der Waals surface area contributed by atoms with E-state index >= 15 is 0 Å². The molecular formula is C18H17N3O2. The van der Waals surface area contributed by atoms with Crippen LogP contribution in [-0.4, -0.2) is 15.2 Å². The van der Waals surface area contributed by atoms with Gasteiger partial charge in [0.2, 0.25) is 0 Å². The van der Waals surface area contributed by atoms with Crippen LogP contribution in [0, 0.1) is 0 Å². The average Bonchev–Trinajstić information content (AvgIpc) is 2.59. The molecule has 0 unspecified atom stereocenters. The monoisotopic (exact) mass is 307 g/mol. The number of anilines is 1. The lowest BCUT2D eigenvalue weighted by atomic mass is 9.97. The molecule has 0 spiro atoms. The highest BCUT2D eigenvalue weighted by Gasteiger charge is 2.20. The van der Waals surface area contributed by atoms with Crippen molar-refractivity contribution in [2.75, 3.05) is 5.43 Å². The second-order valence-corrected chi connectivity index (χ2v) is 5.03. The fourth-order valence-corrected chi connectivity index (χ4v) is 2.37. The number of hydrogen-bond acceptors (Lipinski definition) is 5. The standard InChI is InChI=1S/C18H17N3O2/c22-15-9-3-1-7-13(15)18(14-8-2-4-10-16(14)23)21-20-17-11-5-6-12-19-17/h1-12,18,21-23H,(H,19,20). The van der Waals surface area contributed by atoms with E-state index in [0.29, 0.717) is 16.9 Å². The number of hydrazine groups is 1. The summed E-state index contributed by atoms with van der Waals surface area (Å²) in [5.41, 5.74) is 7.43. The van der Waals surface area contributed by atoms with E-state index in [-0.39, 0.29) is 11.5 Å². The predicted octanol–water partition coefficient (Wildman–Crippen LogP) is 3.20. The molecule has 0 amide bonds. The van der Waals surface area contributed by atoms with Gasteiger partial charge in [0.25, 0.3) is 0 Å². The fraction of sp³-hybridized carbons (Fsp3) is 0.0556. The van der Waals surface area contributed by atoms with E-state index in [0.717, 1.165) is 0 Å². The van der Waals surface area contributed by atoms with E-state index in [1.165, 1.54) is 0 Å². The van der Waals surface area contributed by atoms with Crippen LogP contribution in [0.5, 0.6) is 11.5 Å². The van der Waals surface area contributed by atoms with E-state index in [9.17, 15) is 10.2 Å². The molecule has 2 aromatic carbocycles. The van der Waals surface area contributed by atoms with Gasteiger partial charge >= 0.3 is 0 Å². The lowest BCUT2D eigenvalue weighted by molar-refractivity contribution is 0.447. The largest absolute Gasteiger partial charge is 0.508 e. The van der Waals surface area contributed by atoms with Crippen molar-refractivity contribution in [3.05, 3.63) is 84.1 Å². The Morgan fingerprint density at radius 1 is 0.739 bits per heavy atom. The van der Waals surface area contributed by atoms with Gasteiger partial charge < -0.3 is 15.6 Å². The van der Waals surface area contributed by atoms with E-state index < -0.39 is 6.04 Å². The van der Waals surface area contributed by atoms with E-state index in [1.54, 1.807) is 42.6 Å². The van der Waals surface area contributed by atoms with Gasteiger partial charge in [-0.15, -0.1) is 0 Å². The third-order valence-electron chi connectivity index (χ3n) is 3.50. The third kappa shape index (κ3) is 3.41. The molecule has 1 heterocycles. The Labute approximate surface area is 134 Å². The number of phenols is 2. The Morgan fingerprint density at radius 2 is 1.30 bits per heavy atom. The number of pyridine rings is 1. The minimum atomic E-state index is -0.445. The Balaban J connectivity index is 1.94. The molecule has 4 N–H and O–H groups in total. The van der Waals surface area contributed by atoms with Crippen molar-refractivity contribution < 1.29 is 10.2 Å². The van der Waals surface area contributed by atoms with Crippen LogP contribution in [0.3, 0.4) is 0 Å². The molecule has 1 aromatic heterocycles. The highest BCUT2D eigenvalue weighted by molar-refractivity contribution is 5.46. The van der Waals surface area contributed by atoms with Gasteiger partial charge in [-0.1, -0.05) is 42.5 Å². The molecule has 5 nitrogen and oxygen atoms in total. The molecule has 0 saturated carbocycles. The van der Waals surface area contributed by atoms with Crippen molar-refractivity contribution in [2.45, 2.75) is 6.04 Å². The molecule has 0 atom stereocenters. The van der Waals surface area contributed by atoms with Gasteiger partial charge in [0.1, 0.15) is 17.3 Å². The lowest BCUT2D eigenvalue weighted by Crippen LogP contribution is -2.28. The summed E-state index contributed by atoms with van der Waals surface area (Å²) >= 11 is 0. The zero-order valence-corrected chi connectivity index (χ0v) is 12.3. The number of aromatic nitrogens is 1. The van der Waals surface area contributed by atoms with Crippen molar-refractivity contribution in [2.24, 2.45) is 0 Å². The first-order valence-corrected chi connectivity index (χ1v) is 7.24. The minimum absolute atomic E-state index is 0.149. The zero-order valence-electron chi connectivity index (χ0n) is 12.3. The fourth-order valence-electron chi connectivity index (χ4n) is 2.37. The Kier molecular flexibility index (Phi) is 4.40. The molecule has 0 radical (unpaired) electrons. The van der Waals surface area contributed by atoms with E-state index in [2.05, 4.69) is 15.8 Å². The number of rotatable bonds is 5. The topological polar surface area (TPSA) is 77.4 Å². The van der Waals surface area contributed by atoms with Crippen molar-refractivity contribution in [1.29, 1.82) is 0 Å². The minimum Gasteiger partial charge on any atom is -0.508 e. The first-order valence-electron chi connectivity index (χ1n) is 7.24. The highest BCUT2D eigenvalue weighted by atomic mass is 16.3. The van der Waals surface area contributed by atoms with Crippen LogP contribution < -0.4 is 10.9 Å². The van der Waals surface area contributed by atoms with Gasteiger partial charge in [-0.2, -0.15) is 0 Å². The lowest BCUT2D eigenvalue weighted by Gasteiger charge is -2.22. The van der Waals surface area contributed by atoms with Crippen LogP contribution >= 0.6 is 0 Å². The molecule has 5 heteroatoms. The Bertz CT molecular complexity index is 732. The van der Waals surface area contributed by atoms with Crippen LogP contribution in [0.25, 0.3) is 0 Å². The zero-order chi connectivity index (χ0) is 16.1. The summed E-state index contributed by atoms with van der Waals surface area (Å²) in [6.07, 6.45) is 1.68. The van der Waals surface area contributed by atoms with Crippen molar-refractivity contribution in [3.63, 3.8) is 0 Å². The van der Waals surface area contributed by atoms with Crippen LogP contribution in [0.2, 0.25) is 0 Å². The number of phenolic OH excluding ortho intramolecular Hbond substituents is 2. The SMILES string of the molecule is Oc1ccccc1C(NNc1ccccn1)c1ccccc1O. The molecule has 116 valence electrons. The average molecular weight is 307 g/mol. The summed E-state index contributed by atoms with van der Waals surface area (Å²) in [6, 6.07) is 19.1. The summed E-state index contributed by atoms with van der Waals surface area (Å²) < 4.78 is 0. The first-order chi connectivity index (χ1) is 11.3.